The number of fused-ring (bicyclic) bond motifs is 11. The second-order valence-electron chi connectivity index (χ2n) is 14.5. The fraction of sp³-hybridized carbons (Fsp3) is 0. The molecule has 4 heterocycles. The van der Waals surface area contributed by atoms with Gasteiger partial charge in [0.25, 0.3) is 0 Å². The molecule has 0 fully saturated rings. The third-order valence-corrected chi connectivity index (χ3v) is 15.0. The maximum Gasteiger partial charge on any atom is 0.247 e. The van der Waals surface area contributed by atoms with Crippen LogP contribution in [0.5, 0.6) is 0 Å². The normalized spacial score (nSPS) is 15.7. The summed E-state index contributed by atoms with van der Waals surface area (Å²) in [5, 5.41) is 4.91. The molecule has 2 aliphatic heterocycles. The van der Waals surface area contributed by atoms with Crippen LogP contribution in [0.25, 0.3) is 66.1 Å². The van der Waals surface area contributed by atoms with Gasteiger partial charge >= 0.3 is 0 Å². The van der Waals surface area contributed by atoms with Gasteiger partial charge in [-0.05, 0) is 83.3 Å². The third kappa shape index (κ3) is 4.29. The van der Waals surface area contributed by atoms with Crippen LogP contribution in [0.3, 0.4) is 0 Å². The molecule has 2 aliphatic rings. The van der Waals surface area contributed by atoms with E-state index < -0.39 is 10.8 Å². The first-order valence-electron chi connectivity index (χ1n) is 18.6. The molecule has 10 aromatic rings. The van der Waals surface area contributed by atoms with E-state index in [0.29, 0.717) is 0 Å². The molecular weight excluding hydrogens is 707 g/mol. The van der Waals surface area contributed by atoms with Crippen LogP contribution in [0.4, 0.5) is 0 Å². The van der Waals surface area contributed by atoms with Crippen LogP contribution in [-0.4, -0.2) is 25.9 Å². The van der Waals surface area contributed by atoms with Crippen LogP contribution in [0.2, 0.25) is 0 Å². The Morgan fingerprint density at radius 3 is 1.98 bits per heavy atom. The van der Waals surface area contributed by atoms with Gasteiger partial charge in [-0.2, -0.15) is 0 Å². The molecule has 0 amide bonds. The van der Waals surface area contributed by atoms with Gasteiger partial charge in [-0.1, -0.05) is 126 Å². The van der Waals surface area contributed by atoms with E-state index in [1.54, 1.807) is 0 Å². The highest BCUT2D eigenvalue weighted by molar-refractivity contribution is 8.14. The summed E-state index contributed by atoms with van der Waals surface area (Å²) in [4.78, 5) is 4.30. The van der Waals surface area contributed by atoms with Crippen molar-refractivity contribution >= 4 is 93.9 Å². The van der Waals surface area contributed by atoms with Crippen molar-refractivity contribution in [1.29, 1.82) is 0 Å². The Hall–Kier alpha value is -6.21. The zero-order valence-corrected chi connectivity index (χ0v) is 31.3. The average molecular weight is 739 g/mol. The lowest BCUT2D eigenvalue weighted by Gasteiger charge is -2.34. The molecule has 6 heteroatoms. The molecule has 0 saturated heterocycles. The van der Waals surface area contributed by atoms with Gasteiger partial charge < -0.3 is 9.13 Å². The van der Waals surface area contributed by atoms with Gasteiger partial charge in [0.1, 0.15) is 0 Å². The first kappa shape index (κ1) is 31.2. The van der Waals surface area contributed by atoms with Crippen molar-refractivity contribution in [3.8, 4) is 22.5 Å². The first-order valence-corrected chi connectivity index (χ1v) is 21.1. The standard InChI is InChI=1S/C49H31BN2OS2/c1-54-43-22-10-7-19-38(43)50-39-27-25-32(30-46(39)55(53)45-24-12-23-44(54)48(45)50)31-13-11-16-34(29-31)52-40-20-8-5-17-35(40)36-26-28-42-47(49(36)52)37-18-6-9-21-41(37)51(42)33-14-3-2-4-15-33/h2-30H,1H2. The molecule has 2 unspecified atom stereocenters. The molecule has 258 valence electrons. The molecule has 8 aromatic carbocycles. The van der Waals surface area contributed by atoms with Crippen LogP contribution < -0.4 is 16.4 Å². The van der Waals surface area contributed by atoms with E-state index in [1.165, 1.54) is 58.8 Å². The van der Waals surface area contributed by atoms with E-state index in [1.807, 2.05) is 0 Å². The van der Waals surface area contributed by atoms with Crippen molar-refractivity contribution in [1.82, 2.24) is 9.13 Å². The van der Waals surface area contributed by atoms with Crippen molar-refractivity contribution in [2.45, 2.75) is 19.6 Å². The lowest BCUT2D eigenvalue weighted by Crippen LogP contribution is -2.59. The third-order valence-electron chi connectivity index (χ3n) is 11.7. The predicted octanol–water partition coefficient (Wildman–Crippen LogP) is 9.98. The smallest absolute Gasteiger partial charge is 0.247 e. The molecule has 0 saturated carbocycles. The number of rotatable bonds is 3. The lowest BCUT2D eigenvalue weighted by atomic mass is 9.36. The number of nitrogens with zero attached hydrogens (tertiary/aromatic N) is 2. The summed E-state index contributed by atoms with van der Waals surface area (Å²) in [6.45, 7) is 0.0408. The molecule has 3 nitrogen and oxygen atoms in total. The van der Waals surface area contributed by atoms with Crippen LogP contribution in [0, 0.1) is 0 Å². The van der Waals surface area contributed by atoms with E-state index in [9.17, 15) is 4.21 Å². The Morgan fingerprint density at radius 2 is 1.11 bits per heavy atom. The second kappa shape index (κ2) is 11.6. The Kier molecular flexibility index (Phi) is 6.60. The molecule has 0 aliphatic carbocycles. The molecule has 0 spiro atoms. The summed E-state index contributed by atoms with van der Waals surface area (Å²) in [6.07, 6.45) is 0. The molecule has 55 heavy (non-hydrogen) atoms. The molecule has 0 bridgehead atoms. The van der Waals surface area contributed by atoms with Gasteiger partial charge in [0, 0.05) is 52.5 Å². The molecule has 12 rings (SSSR count). The van der Waals surface area contributed by atoms with Crippen LogP contribution in [0.15, 0.2) is 196 Å². The van der Waals surface area contributed by atoms with Gasteiger partial charge in [0.05, 0.1) is 32.9 Å². The molecule has 0 radical (unpaired) electrons. The molecular formula is C49H31BN2OS2. The average Bonchev–Trinajstić information content (AvgIpc) is 3.77. The van der Waals surface area contributed by atoms with Crippen molar-refractivity contribution in [2.75, 3.05) is 0 Å². The SMILES string of the molecule is C=S1c2ccccc2B2c3ccc(-c4cccc(-n5c6ccccc6c6ccc7c(c8ccccc8n7-c7ccccc7)c65)c4)cc3S(=O)c3cccc1c32. The summed E-state index contributed by atoms with van der Waals surface area (Å²) in [5.41, 5.74) is 12.7. The Morgan fingerprint density at radius 1 is 0.455 bits per heavy atom. The van der Waals surface area contributed by atoms with Gasteiger partial charge in [-0.25, -0.2) is 4.21 Å². The highest BCUT2D eigenvalue weighted by Crippen LogP contribution is 2.43. The van der Waals surface area contributed by atoms with Crippen molar-refractivity contribution < 1.29 is 4.21 Å². The Balaban J connectivity index is 1.08. The first-order chi connectivity index (χ1) is 27.2. The van der Waals surface area contributed by atoms with E-state index in [2.05, 4.69) is 191 Å². The fourth-order valence-electron chi connectivity index (χ4n) is 9.41. The maximum atomic E-state index is 14.5. The summed E-state index contributed by atoms with van der Waals surface area (Å²) in [7, 11) is -1.63. The summed E-state index contributed by atoms with van der Waals surface area (Å²) in [5.74, 6) is 4.59. The van der Waals surface area contributed by atoms with Gasteiger partial charge in [0.15, 0.2) is 0 Å². The van der Waals surface area contributed by atoms with E-state index in [4.69, 9.17) is 0 Å². The zero-order chi connectivity index (χ0) is 36.4. The number of para-hydroxylation sites is 3. The van der Waals surface area contributed by atoms with Crippen LogP contribution >= 0.6 is 10.5 Å². The minimum Gasteiger partial charge on any atom is -0.309 e. The lowest BCUT2D eigenvalue weighted by molar-refractivity contribution is 0.683. The van der Waals surface area contributed by atoms with Gasteiger partial charge in [0.2, 0.25) is 6.71 Å². The molecule has 2 atom stereocenters. The summed E-state index contributed by atoms with van der Waals surface area (Å²) < 4.78 is 19.4. The van der Waals surface area contributed by atoms with E-state index >= 15 is 0 Å². The Bertz CT molecular complexity index is 3320. The topological polar surface area (TPSA) is 26.9 Å². The number of hydrogen-bond donors (Lipinski definition) is 0. The van der Waals surface area contributed by atoms with E-state index in [0.717, 1.165) is 43.3 Å². The minimum absolute atomic E-state index is 0.0408. The van der Waals surface area contributed by atoms with Gasteiger partial charge in [-0.3, -0.25) is 0 Å². The Labute approximate surface area is 323 Å². The van der Waals surface area contributed by atoms with Crippen LogP contribution in [0.1, 0.15) is 0 Å². The van der Waals surface area contributed by atoms with E-state index in [-0.39, 0.29) is 17.2 Å². The number of aromatic nitrogens is 2. The summed E-state index contributed by atoms with van der Waals surface area (Å²) >= 11 is 0. The molecule has 2 aromatic heterocycles. The number of hydrogen-bond acceptors (Lipinski definition) is 1. The van der Waals surface area contributed by atoms with Crippen molar-refractivity contribution in [3.05, 3.63) is 176 Å². The summed E-state index contributed by atoms with van der Waals surface area (Å²) in [6, 6.07) is 63.2. The highest BCUT2D eigenvalue weighted by Gasteiger charge is 2.40. The highest BCUT2D eigenvalue weighted by atomic mass is 32.2. The fourth-order valence-corrected chi connectivity index (χ4v) is 12.7. The molecule has 0 N–H and O–H groups in total. The predicted molar refractivity (Wildman–Crippen MR) is 234 cm³/mol. The monoisotopic (exact) mass is 738 g/mol. The second-order valence-corrected chi connectivity index (χ2v) is 17.6. The van der Waals surface area contributed by atoms with Crippen molar-refractivity contribution in [2.24, 2.45) is 0 Å². The quantitative estimate of drug-likeness (QED) is 0.131. The largest absolute Gasteiger partial charge is 0.309 e. The zero-order valence-electron chi connectivity index (χ0n) is 29.6. The maximum absolute atomic E-state index is 14.5. The van der Waals surface area contributed by atoms with Crippen LogP contribution in [-0.2, 0) is 10.8 Å². The van der Waals surface area contributed by atoms with Crippen molar-refractivity contribution in [3.63, 3.8) is 0 Å². The number of benzene rings is 8. The van der Waals surface area contributed by atoms with Gasteiger partial charge in [-0.15, -0.1) is 10.5 Å². The minimum atomic E-state index is -1.31.